The predicted octanol–water partition coefficient (Wildman–Crippen LogP) is 31.9. The van der Waals surface area contributed by atoms with Crippen molar-refractivity contribution >= 4 is 23.9 Å². The van der Waals surface area contributed by atoms with Crippen molar-refractivity contribution in [2.75, 3.05) is 7.11 Å². The smallest absolute Gasteiger partial charge is 0.323 e. The van der Waals surface area contributed by atoms with Crippen molar-refractivity contribution in [2.24, 2.45) is 0 Å². The molecule has 0 amide bonds. The Kier molecular flexibility index (Phi) is 42.0. The van der Waals surface area contributed by atoms with Gasteiger partial charge in [0.05, 0.1) is 7.11 Å². The summed E-state index contributed by atoms with van der Waals surface area (Å²) in [5, 5.41) is 0. The number of rotatable bonds is 49. The molecule has 8 aromatic rings. The molecule has 8 aromatic carbocycles. The predicted molar refractivity (Wildman–Crippen MR) is 503 cm³/mol. The number of aryl methyl sites for hydroxylation is 5. The minimum absolute atomic E-state index is 0.134. The number of hydrogen-bond acceptors (Lipinski definition) is 9. The summed E-state index contributed by atoms with van der Waals surface area (Å²) in [7, 11) is 1.63. The molecule has 9 heteroatoms. The Morgan fingerprint density at radius 3 is 0.884 bits per heavy atom. The van der Waals surface area contributed by atoms with E-state index < -0.39 is 0 Å². The quantitative estimate of drug-likeness (QED) is 0.0209. The summed E-state index contributed by atoms with van der Waals surface area (Å²) in [6, 6.07) is 54.8. The number of fused-ring (bicyclic) bond motifs is 4. The van der Waals surface area contributed by atoms with E-state index in [9.17, 15) is 19.2 Å². The van der Waals surface area contributed by atoms with E-state index in [-0.39, 0.29) is 47.5 Å². The van der Waals surface area contributed by atoms with E-state index in [2.05, 4.69) is 98.7 Å². The Morgan fingerprint density at radius 2 is 0.545 bits per heavy atom. The molecule has 654 valence electrons. The maximum Gasteiger partial charge on any atom is 0.323 e. The third kappa shape index (κ3) is 29.6. The number of carbonyl (C=O) groups is 4. The maximum atomic E-state index is 12.8. The van der Waals surface area contributed by atoms with Crippen LogP contribution in [0.15, 0.2) is 164 Å². The van der Waals surface area contributed by atoms with Crippen molar-refractivity contribution in [3.63, 3.8) is 0 Å². The van der Waals surface area contributed by atoms with Crippen LogP contribution in [0, 0.1) is 34.6 Å². The monoisotopic (exact) mass is 1640 g/mol. The Hall–Kier alpha value is -8.56. The fourth-order valence-corrected chi connectivity index (χ4v) is 18.8. The maximum absolute atomic E-state index is 12.8. The lowest BCUT2D eigenvalue weighted by molar-refractivity contribution is -0.134. The van der Waals surface area contributed by atoms with Gasteiger partial charge in [0.1, 0.15) is 52.4 Å². The summed E-state index contributed by atoms with van der Waals surface area (Å²) in [5.41, 5.74) is 17.4. The largest absolute Gasteiger partial charge is 0.497 e. The minimum atomic E-state index is -0.338. The Labute approximate surface area is 731 Å². The average Bonchev–Trinajstić information content (AvgIpc) is 1.63. The van der Waals surface area contributed by atoms with Crippen LogP contribution in [0.4, 0.5) is 0 Å². The van der Waals surface area contributed by atoms with E-state index >= 15 is 0 Å². The topological polar surface area (TPSA) is 114 Å². The lowest BCUT2D eigenvalue weighted by atomic mass is 9.85. The molecule has 4 aliphatic rings. The molecule has 9 nitrogen and oxygen atoms in total. The molecule has 0 bridgehead atoms. The summed E-state index contributed by atoms with van der Waals surface area (Å²) in [5.74, 6) is 3.36. The molecular formula is C112H152O9. The molecule has 12 rings (SSSR count). The fraction of sp³-hybridized carbons (Fsp3) is 0.536. The number of methoxy groups -OCH3 is 1. The molecule has 4 aliphatic heterocycles. The van der Waals surface area contributed by atoms with Crippen LogP contribution in [0.3, 0.4) is 0 Å². The van der Waals surface area contributed by atoms with Gasteiger partial charge in [0, 0.05) is 22.3 Å². The van der Waals surface area contributed by atoms with Gasteiger partial charge in [-0.25, -0.2) is 0 Å². The number of benzene rings is 8. The second kappa shape index (κ2) is 52.8. The highest BCUT2D eigenvalue weighted by molar-refractivity contribution is 5.93. The molecule has 0 fully saturated rings. The molecule has 0 saturated carbocycles. The van der Waals surface area contributed by atoms with E-state index in [1.807, 2.05) is 141 Å². The number of carbonyl (C=O) groups excluding carboxylic acids is 4. The van der Waals surface area contributed by atoms with Crippen LogP contribution < -0.4 is 23.7 Å². The van der Waals surface area contributed by atoms with Gasteiger partial charge in [-0.1, -0.05) is 454 Å². The van der Waals surface area contributed by atoms with Crippen LogP contribution in [0.2, 0.25) is 0 Å². The van der Waals surface area contributed by atoms with Gasteiger partial charge in [-0.15, -0.1) is 0 Å². The molecule has 0 radical (unpaired) electrons. The number of hydrogen-bond donors (Lipinski definition) is 0. The van der Waals surface area contributed by atoms with Crippen LogP contribution in [0.25, 0.3) is 0 Å². The Bertz CT molecular complexity index is 4380. The van der Waals surface area contributed by atoms with Crippen LogP contribution in [0.1, 0.15) is 435 Å². The van der Waals surface area contributed by atoms with Crippen molar-refractivity contribution in [1.82, 2.24) is 0 Å². The van der Waals surface area contributed by atoms with Crippen molar-refractivity contribution in [2.45, 2.75) is 381 Å². The molecule has 0 N–H and O–H groups in total. The summed E-state index contributed by atoms with van der Waals surface area (Å²) < 4.78 is 28.2. The molecule has 7 atom stereocenters. The van der Waals surface area contributed by atoms with Gasteiger partial charge >= 0.3 is 23.9 Å². The molecule has 7 unspecified atom stereocenters. The van der Waals surface area contributed by atoms with E-state index in [0.717, 1.165) is 103 Å². The zero-order chi connectivity index (χ0) is 86.1. The summed E-state index contributed by atoms with van der Waals surface area (Å²) >= 11 is 0. The van der Waals surface area contributed by atoms with E-state index in [1.54, 1.807) is 7.11 Å². The van der Waals surface area contributed by atoms with Crippen LogP contribution in [-0.2, 0) is 19.2 Å². The molecule has 0 spiro atoms. The van der Waals surface area contributed by atoms with Gasteiger partial charge in [0.15, 0.2) is 0 Å². The summed E-state index contributed by atoms with van der Waals surface area (Å²) in [6.45, 7) is 24.1. The lowest BCUT2D eigenvalue weighted by Gasteiger charge is -2.17. The molecule has 0 saturated heterocycles. The van der Waals surface area contributed by atoms with Crippen LogP contribution in [-0.4, -0.2) is 31.0 Å². The van der Waals surface area contributed by atoms with Crippen molar-refractivity contribution in [1.29, 1.82) is 0 Å². The van der Waals surface area contributed by atoms with Crippen molar-refractivity contribution < 1.29 is 42.9 Å². The first-order chi connectivity index (χ1) is 59.0. The van der Waals surface area contributed by atoms with E-state index in [4.69, 9.17) is 23.7 Å². The minimum Gasteiger partial charge on any atom is -0.497 e. The first-order valence-electron chi connectivity index (χ1n) is 48.1. The zero-order valence-corrected chi connectivity index (χ0v) is 76.8. The van der Waals surface area contributed by atoms with Crippen molar-refractivity contribution in [3.05, 3.63) is 253 Å². The number of unbranched alkanes of at least 4 members (excludes halogenated alkanes) is 35. The van der Waals surface area contributed by atoms with Crippen LogP contribution >= 0.6 is 0 Å². The van der Waals surface area contributed by atoms with E-state index in [0.29, 0.717) is 23.5 Å². The average molecular weight is 1640 g/mol. The second-order valence-electron chi connectivity index (χ2n) is 36.1. The van der Waals surface area contributed by atoms with Gasteiger partial charge in [0.2, 0.25) is 0 Å². The van der Waals surface area contributed by atoms with Gasteiger partial charge in [-0.2, -0.15) is 0 Å². The van der Waals surface area contributed by atoms with Crippen molar-refractivity contribution in [3.8, 4) is 28.7 Å². The molecule has 121 heavy (non-hydrogen) atoms. The molecule has 0 aliphatic carbocycles. The summed E-state index contributed by atoms with van der Waals surface area (Å²) in [6.07, 6.45) is 55.9. The number of ether oxygens (including phenoxy) is 5. The molecule has 0 aromatic heterocycles. The highest BCUT2D eigenvalue weighted by Gasteiger charge is 2.41. The first kappa shape index (κ1) is 96.3. The standard InChI is InChI=1S/2C33H48O2.C29H40O2.C17H16O3/c1-4-5-6-7-8-9-10-11-12-13-14-15-16-18-21-27(3)29-24-26(2)25-30-31(33(34)35-32(29)30)28-22-19-17-20-23-28;1-4-5-6-7-8-9-10-11-12-13-14-15-16-18-21-26(2)29-25-24-27(3)30-31(33(34)35-32(29)30)28-22-19-17-20-23-28;1-4-5-6-7-8-9-10-11-12-14-17-23(3)25-20-22(2)21-26-27(29(30)31-28(25)26)24-18-15-13-16-19-24;1-10-8-11(2)16-14(9-10)15(17(18)20-16)12-4-6-13(19-3)7-5-12/h17,19-20,22-25,27,31H,4-16,18,21H2,1-3H3;17,19-20,22-26,31H,4-16,18,21H2,1-3H3;13,15-16,18-21,23,27H,4-12,14,17H2,1-3H3;4-9,15H,1-3H3. The highest BCUT2D eigenvalue weighted by Crippen LogP contribution is 2.50. The zero-order valence-electron chi connectivity index (χ0n) is 76.8. The lowest BCUT2D eigenvalue weighted by Crippen LogP contribution is -2.11. The van der Waals surface area contributed by atoms with Gasteiger partial charge in [-0.3, -0.25) is 19.2 Å². The van der Waals surface area contributed by atoms with Gasteiger partial charge in [0.25, 0.3) is 0 Å². The summed E-state index contributed by atoms with van der Waals surface area (Å²) in [4.78, 5) is 50.6. The fourth-order valence-electron chi connectivity index (χ4n) is 18.8. The highest BCUT2D eigenvalue weighted by atomic mass is 16.6. The molecule has 4 heterocycles. The first-order valence-corrected chi connectivity index (χ1v) is 48.1. The number of esters is 4. The molecular weight excluding hydrogens is 1490 g/mol. The van der Waals surface area contributed by atoms with Gasteiger partial charge < -0.3 is 23.7 Å². The SMILES string of the molecule is CCCCCCCCCCCCC(C)c1cc(C)cc2c1OC(=O)C2c1ccccc1.CCCCCCCCCCCCCCCCC(C)c1cc(C)cc2c1OC(=O)C2c1ccccc1.CCCCCCCCCCCCCCCCC(C)c1ccc(C)c2c1OC(=O)C2c1ccccc1.COc1ccc(C2C(=O)Oc3c(C)cc(C)cc32)cc1. The Balaban J connectivity index is 0.000000186. The normalized spacial score (nSPS) is 16.0. The van der Waals surface area contributed by atoms with Gasteiger partial charge in [-0.05, 0) is 134 Å². The third-order valence-corrected chi connectivity index (χ3v) is 25.9. The third-order valence-electron chi connectivity index (χ3n) is 25.9. The Morgan fingerprint density at radius 1 is 0.273 bits per heavy atom. The van der Waals surface area contributed by atoms with E-state index in [1.165, 1.54) is 272 Å². The second-order valence-corrected chi connectivity index (χ2v) is 36.1. The van der Waals surface area contributed by atoms with Crippen LogP contribution in [0.5, 0.6) is 28.7 Å².